The first-order valence-electron chi connectivity index (χ1n) is 10.1. The van der Waals surface area contributed by atoms with Crippen LogP contribution in [0.4, 0.5) is 0 Å². The minimum atomic E-state index is -0.389. The summed E-state index contributed by atoms with van der Waals surface area (Å²) in [6, 6.07) is 11.4. The lowest BCUT2D eigenvalue weighted by atomic mass is 9.71. The van der Waals surface area contributed by atoms with Crippen LogP contribution < -0.4 is 4.74 Å². The highest BCUT2D eigenvalue weighted by atomic mass is 16.5. The standard InChI is InChI=1S/C24H22N2O3/c1-24(2)19-12-15-11-14(13-25)3-4-17(15)21(19)22(27)18-5-6-20(26-23(18)24)29-16-7-9-28-10-8-16/h3-6,11,16H,7-10,12H2,1-2H3. The predicted octanol–water partition coefficient (Wildman–Crippen LogP) is 3.99. The fourth-order valence-corrected chi connectivity index (χ4v) is 4.70. The Labute approximate surface area is 170 Å². The van der Waals surface area contributed by atoms with Crippen LogP contribution in [0.3, 0.4) is 0 Å². The molecule has 5 nitrogen and oxygen atoms in total. The van der Waals surface area contributed by atoms with Crippen molar-refractivity contribution in [2.45, 2.75) is 44.6 Å². The fraction of sp³-hybridized carbons (Fsp3) is 0.375. The van der Waals surface area contributed by atoms with Gasteiger partial charge in [0, 0.05) is 35.5 Å². The van der Waals surface area contributed by atoms with Crippen molar-refractivity contribution >= 4 is 11.4 Å². The zero-order chi connectivity index (χ0) is 20.2. The van der Waals surface area contributed by atoms with Gasteiger partial charge in [0.15, 0.2) is 5.78 Å². The van der Waals surface area contributed by atoms with E-state index >= 15 is 0 Å². The Balaban J connectivity index is 1.54. The van der Waals surface area contributed by atoms with Crippen molar-refractivity contribution in [2.24, 2.45) is 0 Å². The SMILES string of the molecule is CC1(C)C2=C(C(=O)c3ccc(OC4CCOCC4)nc31)c1ccc(C#N)cc1C2. The van der Waals surface area contributed by atoms with Crippen molar-refractivity contribution in [1.82, 2.24) is 4.98 Å². The Kier molecular flexibility index (Phi) is 4.07. The topological polar surface area (TPSA) is 72.2 Å². The van der Waals surface area contributed by atoms with Crippen LogP contribution in [-0.2, 0) is 16.6 Å². The lowest BCUT2D eigenvalue weighted by Gasteiger charge is -2.33. The molecule has 0 spiro atoms. The molecule has 5 rings (SSSR count). The van der Waals surface area contributed by atoms with Gasteiger partial charge in [0.25, 0.3) is 0 Å². The van der Waals surface area contributed by atoms with Crippen LogP contribution in [0.1, 0.15) is 59.4 Å². The maximum Gasteiger partial charge on any atom is 0.213 e. The van der Waals surface area contributed by atoms with Gasteiger partial charge >= 0.3 is 0 Å². The molecule has 2 aliphatic carbocycles. The van der Waals surface area contributed by atoms with Gasteiger partial charge in [-0.25, -0.2) is 4.98 Å². The zero-order valence-corrected chi connectivity index (χ0v) is 16.6. The summed E-state index contributed by atoms with van der Waals surface area (Å²) in [4.78, 5) is 18.2. The number of ketones is 1. The Morgan fingerprint density at radius 2 is 1.93 bits per heavy atom. The first kappa shape index (κ1) is 18.1. The van der Waals surface area contributed by atoms with Crippen molar-refractivity contribution < 1.29 is 14.3 Å². The van der Waals surface area contributed by atoms with Gasteiger partial charge < -0.3 is 9.47 Å². The normalized spacial score (nSPS) is 20.0. The summed E-state index contributed by atoms with van der Waals surface area (Å²) in [6.45, 7) is 5.66. The molecule has 1 saturated heterocycles. The number of benzene rings is 1. The molecule has 5 heteroatoms. The van der Waals surface area contributed by atoms with Crippen LogP contribution >= 0.6 is 0 Å². The average Bonchev–Trinajstić information content (AvgIpc) is 3.13. The summed E-state index contributed by atoms with van der Waals surface area (Å²) in [5, 5.41) is 9.23. The Morgan fingerprint density at radius 3 is 2.69 bits per heavy atom. The molecule has 0 saturated carbocycles. The Morgan fingerprint density at radius 1 is 1.17 bits per heavy atom. The largest absolute Gasteiger partial charge is 0.474 e. The third-order valence-corrected chi connectivity index (χ3v) is 6.32. The number of pyridine rings is 1. The van der Waals surface area contributed by atoms with Gasteiger partial charge in [0.05, 0.1) is 30.5 Å². The maximum atomic E-state index is 13.4. The van der Waals surface area contributed by atoms with Gasteiger partial charge in [0.1, 0.15) is 6.10 Å². The van der Waals surface area contributed by atoms with Gasteiger partial charge in [-0.2, -0.15) is 5.26 Å². The number of nitrogens with zero attached hydrogens (tertiary/aromatic N) is 2. The molecule has 0 N–H and O–H groups in total. The Bertz CT molecular complexity index is 1100. The van der Waals surface area contributed by atoms with Gasteiger partial charge in [-0.1, -0.05) is 19.9 Å². The smallest absolute Gasteiger partial charge is 0.213 e. The van der Waals surface area contributed by atoms with Crippen LogP contribution in [0, 0.1) is 11.3 Å². The molecule has 3 aliphatic rings. The van der Waals surface area contributed by atoms with Crippen molar-refractivity contribution in [3.63, 3.8) is 0 Å². The summed E-state index contributed by atoms with van der Waals surface area (Å²) >= 11 is 0. The highest BCUT2D eigenvalue weighted by Crippen LogP contribution is 2.49. The average molecular weight is 386 g/mol. The van der Waals surface area contributed by atoms with Crippen LogP contribution in [-0.4, -0.2) is 30.1 Å². The summed E-state index contributed by atoms with van der Waals surface area (Å²) in [6.07, 6.45) is 2.48. The number of allylic oxidation sites excluding steroid dienone is 2. The van der Waals surface area contributed by atoms with E-state index in [1.165, 1.54) is 0 Å². The highest BCUT2D eigenvalue weighted by molar-refractivity contribution is 6.32. The molecule has 2 heterocycles. The van der Waals surface area contributed by atoms with Crippen LogP contribution in [0.25, 0.3) is 5.57 Å². The monoisotopic (exact) mass is 386 g/mol. The molecule has 0 amide bonds. The minimum Gasteiger partial charge on any atom is -0.474 e. The molecule has 29 heavy (non-hydrogen) atoms. The molecule has 2 aromatic rings. The van der Waals surface area contributed by atoms with Gasteiger partial charge in [-0.05, 0) is 41.3 Å². The molecule has 0 atom stereocenters. The molecule has 0 radical (unpaired) electrons. The predicted molar refractivity (Wildman–Crippen MR) is 108 cm³/mol. The first-order valence-corrected chi connectivity index (χ1v) is 10.1. The van der Waals surface area contributed by atoms with Gasteiger partial charge in [0.2, 0.25) is 5.88 Å². The summed E-state index contributed by atoms with van der Waals surface area (Å²) in [5.41, 5.74) is 5.50. The van der Waals surface area contributed by atoms with E-state index in [0.717, 1.165) is 40.8 Å². The molecule has 146 valence electrons. The molecule has 1 aliphatic heterocycles. The number of fused-ring (bicyclic) bond motifs is 3. The number of hydrogen-bond donors (Lipinski definition) is 0. The van der Waals surface area contributed by atoms with E-state index in [1.807, 2.05) is 24.3 Å². The zero-order valence-electron chi connectivity index (χ0n) is 16.6. The van der Waals surface area contributed by atoms with Crippen molar-refractivity contribution in [3.05, 3.63) is 63.9 Å². The lowest BCUT2D eigenvalue weighted by molar-refractivity contribution is 0.0236. The number of aromatic nitrogens is 1. The number of carbonyl (C=O) groups is 1. The van der Waals surface area contributed by atoms with E-state index in [2.05, 4.69) is 19.9 Å². The number of carbonyl (C=O) groups excluding carboxylic acids is 1. The highest BCUT2D eigenvalue weighted by Gasteiger charge is 2.44. The number of nitriles is 1. The number of ether oxygens (including phenoxy) is 2. The number of rotatable bonds is 2. The van der Waals surface area contributed by atoms with Crippen LogP contribution in [0.2, 0.25) is 0 Å². The summed E-state index contributed by atoms with van der Waals surface area (Å²) in [7, 11) is 0. The quantitative estimate of drug-likeness (QED) is 0.780. The summed E-state index contributed by atoms with van der Waals surface area (Å²) in [5.74, 6) is 0.589. The van der Waals surface area contributed by atoms with E-state index in [0.29, 0.717) is 36.6 Å². The van der Waals surface area contributed by atoms with Crippen molar-refractivity contribution in [2.75, 3.05) is 13.2 Å². The minimum absolute atomic E-state index is 0.0166. The van der Waals surface area contributed by atoms with Gasteiger partial charge in [-0.3, -0.25) is 4.79 Å². The van der Waals surface area contributed by atoms with Gasteiger partial charge in [-0.15, -0.1) is 0 Å². The van der Waals surface area contributed by atoms with Crippen molar-refractivity contribution in [1.29, 1.82) is 5.26 Å². The van der Waals surface area contributed by atoms with E-state index in [4.69, 9.17) is 14.5 Å². The Hall–Kier alpha value is -2.97. The molecule has 1 aromatic carbocycles. The molecule has 0 bridgehead atoms. The molecule has 1 aromatic heterocycles. The second-order valence-electron chi connectivity index (χ2n) is 8.44. The maximum absolute atomic E-state index is 13.4. The third kappa shape index (κ3) is 2.79. The second-order valence-corrected chi connectivity index (χ2v) is 8.44. The van der Waals surface area contributed by atoms with E-state index < -0.39 is 0 Å². The first-order chi connectivity index (χ1) is 14.0. The van der Waals surface area contributed by atoms with Crippen LogP contribution in [0.5, 0.6) is 5.88 Å². The number of Topliss-reactive ketones (excluding diaryl/α,β-unsaturated/α-hetero) is 1. The van der Waals surface area contributed by atoms with E-state index in [9.17, 15) is 10.1 Å². The van der Waals surface area contributed by atoms with E-state index in [1.54, 1.807) is 6.07 Å². The van der Waals surface area contributed by atoms with Crippen LogP contribution in [0.15, 0.2) is 35.9 Å². The summed E-state index contributed by atoms with van der Waals surface area (Å²) < 4.78 is 11.5. The molecule has 0 unspecified atom stereocenters. The second kappa shape index (κ2) is 6.53. The molecular weight excluding hydrogens is 364 g/mol. The van der Waals surface area contributed by atoms with E-state index in [-0.39, 0.29) is 17.3 Å². The third-order valence-electron chi connectivity index (χ3n) is 6.32. The molecule has 1 fully saturated rings. The molecular formula is C24H22N2O3. The number of hydrogen-bond acceptors (Lipinski definition) is 5. The lowest BCUT2D eigenvalue weighted by Crippen LogP contribution is -2.32. The fourth-order valence-electron chi connectivity index (χ4n) is 4.70. The van der Waals surface area contributed by atoms with Crippen molar-refractivity contribution in [3.8, 4) is 11.9 Å².